The molecular formula is C22H40N4O2. The number of piperidine rings is 1. The Balaban J connectivity index is 1.37. The third-order valence-electron chi connectivity index (χ3n) is 6.29. The third-order valence-corrected chi connectivity index (χ3v) is 6.29. The van der Waals surface area contributed by atoms with E-state index in [2.05, 4.69) is 22.0 Å². The summed E-state index contributed by atoms with van der Waals surface area (Å²) >= 11 is 0. The number of carbonyl (C=O) groups is 1. The van der Waals surface area contributed by atoms with Crippen LogP contribution in [-0.2, 0) is 9.53 Å². The van der Waals surface area contributed by atoms with Crippen LogP contribution in [0.15, 0.2) is 4.99 Å². The van der Waals surface area contributed by atoms with Crippen LogP contribution < -0.4 is 5.32 Å². The number of nitrogens with zero attached hydrogens (tertiary/aromatic N) is 3. The zero-order valence-electron chi connectivity index (χ0n) is 17.8. The SMILES string of the molecule is CCNC(=NCCCC(=O)OC1CCCC1)N1CCC(CN2CCCCC2)C1. The molecular weight excluding hydrogens is 352 g/mol. The fraction of sp³-hybridized carbons (Fsp3) is 0.909. The second-order valence-electron chi connectivity index (χ2n) is 8.70. The summed E-state index contributed by atoms with van der Waals surface area (Å²) in [6, 6.07) is 0. The molecule has 6 heteroatoms. The van der Waals surface area contributed by atoms with Crippen molar-refractivity contribution in [2.75, 3.05) is 45.8 Å². The molecule has 0 amide bonds. The van der Waals surface area contributed by atoms with Gasteiger partial charge in [0.15, 0.2) is 5.96 Å². The summed E-state index contributed by atoms with van der Waals surface area (Å²) in [4.78, 5) is 21.8. The minimum atomic E-state index is -0.0464. The topological polar surface area (TPSA) is 57.2 Å². The lowest BCUT2D eigenvalue weighted by Gasteiger charge is -2.29. The molecule has 3 rings (SSSR count). The number of rotatable bonds is 8. The molecule has 0 aromatic rings. The van der Waals surface area contributed by atoms with E-state index in [1.54, 1.807) is 0 Å². The minimum absolute atomic E-state index is 0.0464. The summed E-state index contributed by atoms with van der Waals surface area (Å²) < 4.78 is 5.53. The molecule has 160 valence electrons. The molecule has 0 aromatic carbocycles. The van der Waals surface area contributed by atoms with Gasteiger partial charge in [0.1, 0.15) is 6.10 Å². The van der Waals surface area contributed by atoms with Gasteiger partial charge in [-0.1, -0.05) is 6.42 Å². The standard InChI is InChI=1S/C22H40N4O2/c1-2-23-22(24-13-8-11-21(27)28-20-9-4-5-10-20)26-16-12-19(18-26)17-25-14-6-3-7-15-25/h19-20H,2-18H2,1H3,(H,23,24). The van der Waals surface area contributed by atoms with Crippen molar-refractivity contribution in [3.63, 3.8) is 0 Å². The summed E-state index contributed by atoms with van der Waals surface area (Å²) in [5.74, 6) is 1.73. The van der Waals surface area contributed by atoms with Gasteiger partial charge in [0.25, 0.3) is 0 Å². The van der Waals surface area contributed by atoms with Crippen molar-refractivity contribution in [2.24, 2.45) is 10.9 Å². The number of hydrogen-bond donors (Lipinski definition) is 1. The van der Waals surface area contributed by atoms with E-state index in [-0.39, 0.29) is 12.1 Å². The minimum Gasteiger partial charge on any atom is -0.462 e. The largest absolute Gasteiger partial charge is 0.462 e. The van der Waals surface area contributed by atoms with Crippen molar-refractivity contribution in [1.29, 1.82) is 0 Å². The van der Waals surface area contributed by atoms with Crippen LogP contribution in [-0.4, -0.2) is 73.6 Å². The Kier molecular flexibility index (Phi) is 8.90. The molecule has 0 bridgehead atoms. The molecule has 1 saturated carbocycles. The van der Waals surface area contributed by atoms with Gasteiger partial charge in [-0.05, 0) is 77.3 Å². The van der Waals surface area contributed by atoms with Crippen LogP contribution in [0.3, 0.4) is 0 Å². The van der Waals surface area contributed by atoms with Crippen LogP contribution in [0.1, 0.15) is 71.1 Å². The Labute approximate surface area is 171 Å². The first kappa shape index (κ1) is 21.4. The fourth-order valence-corrected chi connectivity index (χ4v) is 4.77. The summed E-state index contributed by atoms with van der Waals surface area (Å²) in [5, 5.41) is 3.44. The number of aliphatic imine (C=N–C) groups is 1. The van der Waals surface area contributed by atoms with Gasteiger partial charge in [-0.3, -0.25) is 9.79 Å². The molecule has 3 aliphatic rings. The van der Waals surface area contributed by atoms with E-state index < -0.39 is 0 Å². The number of ether oxygens (including phenoxy) is 1. The highest BCUT2D eigenvalue weighted by Gasteiger charge is 2.27. The van der Waals surface area contributed by atoms with Gasteiger partial charge >= 0.3 is 5.97 Å². The van der Waals surface area contributed by atoms with Gasteiger partial charge in [0.05, 0.1) is 0 Å². The van der Waals surface area contributed by atoms with E-state index in [0.29, 0.717) is 13.0 Å². The van der Waals surface area contributed by atoms with Crippen LogP contribution in [0.4, 0.5) is 0 Å². The van der Waals surface area contributed by atoms with E-state index >= 15 is 0 Å². The van der Waals surface area contributed by atoms with E-state index in [1.807, 2.05) is 0 Å². The number of carbonyl (C=O) groups excluding carboxylic acids is 1. The van der Waals surface area contributed by atoms with E-state index in [1.165, 1.54) is 58.2 Å². The summed E-state index contributed by atoms with van der Waals surface area (Å²) in [7, 11) is 0. The first-order chi connectivity index (χ1) is 13.7. The average Bonchev–Trinajstić information content (AvgIpc) is 3.37. The molecule has 2 heterocycles. The smallest absolute Gasteiger partial charge is 0.306 e. The van der Waals surface area contributed by atoms with Gasteiger partial charge < -0.3 is 19.9 Å². The molecule has 3 fully saturated rings. The average molecular weight is 393 g/mol. The van der Waals surface area contributed by atoms with Crippen LogP contribution in [0.5, 0.6) is 0 Å². The predicted molar refractivity (Wildman–Crippen MR) is 114 cm³/mol. The molecule has 6 nitrogen and oxygen atoms in total. The van der Waals surface area contributed by atoms with Gasteiger partial charge in [0, 0.05) is 39.1 Å². The highest BCUT2D eigenvalue weighted by atomic mass is 16.5. The molecule has 0 aromatic heterocycles. The Morgan fingerprint density at radius 3 is 2.61 bits per heavy atom. The normalized spacial score (nSPS) is 24.7. The Hall–Kier alpha value is -1.30. The van der Waals surface area contributed by atoms with Gasteiger partial charge in [-0.15, -0.1) is 0 Å². The van der Waals surface area contributed by atoms with Crippen LogP contribution >= 0.6 is 0 Å². The summed E-state index contributed by atoms with van der Waals surface area (Å²) in [6.45, 7) is 9.69. The first-order valence-electron chi connectivity index (χ1n) is 11.7. The van der Waals surface area contributed by atoms with Gasteiger partial charge in [0.2, 0.25) is 0 Å². The van der Waals surface area contributed by atoms with E-state index in [4.69, 9.17) is 9.73 Å². The Bertz CT molecular complexity index is 499. The summed E-state index contributed by atoms with van der Waals surface area (Å²) in [6.07, 6.45) is 11.3. The predicted octanol–water partition coefficient (Wildman–Crippen LogP) is 3.03. The summed E-state index contributed by atoms with van der Waals surface area (Å²) in [5.41, 5.74) is 0. The maximum atomic E-state index is 12.0. The maximum absolute atomic E-state index is 12.0. The van der Waals surface area contributed by atoms with Crippen molar-refractivity contribution in [1.82, 2.24) is 15.1 Å². The molecule has 1 aliphatic carbocycles. The lowest BCUT2D eigenvalue weighted by molar-refractivity contribution is -0.148. The van der Waals surface area contributed by atoms with Crippen molar-refractivity contribution in [3.05, 3.63) is 0 Å². The molecule has 1 N–H and O–H groups in total. The number of likely N-dealkylation sites (tertiary alicyclic amines) is 2. The first-order valence-corrected chi connectivity index (χ1v) is 11.7. The van der Waals surface area contributed by atoms with Gasteiger partial charge in [-0.25, -0.2) is 0 Å². The molecule has 1 unspecified atom stereocenters. The van der Waals surface area contributed by atoms with E-state index in [0.717, 1.165) is 50.8 Å². The van der Waals surface area contributed by atoms with E-state index in [9.17, 15) is 4.79 Å². The Morgan fingerprint density at radius 2 is 1.86 bits per heavy atom. The third kappa shape index (κ3) is 6.94. The molecule has 1 atom stereocenters. The molecule has 28 heavy (non-hydrogen) atoms. The number of esters is 1. The molecule has 2 aliphatic heterocycles. The van der Waals surface area contributed by atoms with Crippen LogP contribution in [0, 0.1) is 5.92 Å². The quantitative estimate of drug-likeness (QED) is 0.298. The monoisotopic (exact) mass is 392 g/mol. The van der Waals surface area contributed by atoms with Crippen molar-refractivity contribution >= 4 is 11.9 Å². The van der Waals surface area contributed by atoms with Crippen LogP contribution in [0.2, 0.25) is 0 Å². The highest BCUT2D eigenvalue weighted by Crippen LogP contribution is 2.22. The lowest BCUT2D eigenvalue weighted by Crippen LogP contribution is -2.41. The number of nitrogens with one attached hydrogen (secondary N) is 1. The Morgan fingerprint density at radius 1 is 1.07 bits per heavy atom. The number of guanidine groups is 1. The van der Waals surface area contributed by atoms with Crippen molar-refractivity contribution in [2.45, 2.75) is 77.2 Å². The van der Waals surface area contributed by atoms with Crippen molar-refractivity contribution < 1.29 is 9.53 Å². The van der Waals surface area contributed by atoms with Crippen molar-refractivity contribution in [3.8, 4) is 0 Å². The molecule has 0 radical (unpaired) electrons. The second-order valence-corrected chi connectivity index (χ2v) is 8.70. The second kappa shape index (κ2) is 11.6. The molecule has 0 spiro atoms. The zero-order chi connectivity index (χ0) is 19.6. The lowest BCUT2D eigenvalue weighted by atomic mass is 10.1. The molecule has 2 saturated heterocycles. The maximum Gasteiger partial charge on any atom is 0.306 e. The fourth-order valence-electron chi connectivity index (χ4n) is 4.77. The van der Waals surface area contributed by atoms with Gasteiger partial charge in [-0.2, -0.15) is 0 Å². The highest BCUT2D eigenvalue weighted by molar-refractivity contribution is 5.80. The zero-order valence-corrected chi connectivity index (χ0v) is 17.8. The number of hydrogen-bond acceptors (Lipinski definition) is 4. The van der Waals surface area contributed by atoms with Crippen LogP contribution in [0.25, 0.3) is 0 Å².